The maximum Gasteiger partial charge on any atom is 0.236 e. The fraction of sp³-hybridized carbons (Fsp3) is 0.389. The SMILES string of the molecule is O=C(C1CCCS1)N(Cc1ccccc1)CC(O)c1cccs1. The summed E-state index contributed by atoms with van der Waals surface area (Å²) in [6, 6.07) is 13.8. The lowest BCUT2D eigenvalue weighted by molar-refractivity contribution is -0.132. The van der Waals surface area contributed by atoms with Crippen LogP contribution < -0.4 is 0 Å². The lowest BCUT2D eigenvalue weighted by Gasteiger charge is -2.27. The molecule has 0 radical (unpaired) electrons. The number of carbonyl (C=O) groups excluding carboxylic acids is 1. The van der Waals surface area contributed by atoms with Crippen LogP contribution in [0.2, 0.25) is 0 Å². The molecule has 0 aliphatic carbocycles. The number of hydrogen-bond donors (Lipinski definition) is 1. The maximum absolute atomic E-state index is 12.9. The highest BCUT2D eigenvalue weighted by Crippen LogP contribution is 2.29. The third kappa shape index (κ3) is 4.37. The highest BCUT2D eigenvalue weighted by atomic mass is 32.2. The number of aliphatic hydroxyl groups excluding tert-OH is 1. The van der Waals surface area contributed by atoms with Crippen molar-refractivity contribution in [1.82, 2.24) is 4.90 Å². The van der Waals surface area contributed by atoms with Gasteiger partial charge in [0.1, 0.15) is 6.10 Å². The summed E-state index contributed by atoms with van der Waals surface area (Å²) in [4.78, 5) is 15.6. The largest absolute Gasteiger partial charge is 0.386 e. The Labute approximate surface area is 145 Å². The summed E-state index contributed by atoms with van der Waals surface area (Å²) >= 11 is 3.27. The molecule has 2 heterocycles. The third-order valence-corrected chi connectivity index (χ3v) is 6.34. The van der Waals surface area contributed by atoms with Gasteiger partial charge in [0.15, 0.2) is 0 Å². The Morgan fingerprint density at radius 1 is 1.26 bits per heavy atom. The summed E-state index contributed by atoms with van der Waals surface area (Å²) in [5.74, 6) is 1.22. The second kappa shape index (κ2) is 7.99. The second-order valence-electron chi connectivity index (χ2n) is 5.74. The molecule has 1 N–H and O–H groups in total. The van der Waals surface area contributed by atoms with E-state index in [-0.39, 0.29) is 11.2 Å². The molecule has 1 aliphatic rings. The number of hydrogen-bond acceptors (Lipinski definition) is 4. The van der Waals surface area contributed by atoms with Crippen LogP contribution in [0.15, 0.2) is 47.8 Å². The fourth-order valence-electron chi connectivity index (χ4n) is 2.79. The first kappa shape index (κ1) is 16.6. The Morgan fingerprint density at radius 2 is 2.09 bits per heavy atom. The number of carbonyl (C=O) groups is 1. The normalized spacial score (nSPS) is 18.7. The molecule has 5 heteroatoms. The molecule has 1 fully saturated rings. The molecule has 122 valence electrons. The number of benzene rings is 1. The minimum absolute atomic E-state index is 0.0502. The van der Waals surface area contributed by atoms with E-state index in [2.05, 4.69) is 0 Å². The van der Waals surface area contributed by atoms with Gasteiger partial charge in [0, 0.05) is 11.4 Å². The highest BCUT2D eigenvalue weighted by Gasteiger charge is 2.29. The Morgan fingerprint density at radius 3 is 2.74 bits per heavy atom. The molecular formula is C18H21NO2S2. The van der Waals surface area contributed by atoms with Crippen LogP contribution in [0.3, 0.4) is 0 Å². The molecular weight excluding hydrogens is 326 g/mol. The average molecular weight is 348 g/mol. The van der Waals surface area contributed by atoms with Gasteiger partial charge in [0.05, 0.1) is 11.8 Å². The summed E-state index contributed by atoms with van der Waals surface area (Å²) in [6.45, 7) is 0.907. The quantitative estimate of drug-likeness (QED) is 0.866. The molecule has 0 saturated carbocycles. The van der Waals surface area contributed by atoms with Gasteiger partial charge in [0.2, 0.25) is 5.91 Å². The molecule has 1 amide bonds. The minimum Gasteiger partial charge on any atom is -0.386 e. The van der Waals surface area contributed by atoms with Crippen molar-refractivity contribution in [2.24, 2.45) is 0 Å². The van der Waals surface area contributed by atoms with E-state index < -0.39 is 6.10 Å². The molecule has 23 heavy (non-hydrogen) atoms. The van der Waals surface area contributed by atoms with E-state index in [1.807, 2.05) is 52.7 Å². The van der Waals surface area contributed by atoms with Crippen LogP contribution in [0.1, 0.15) is 29.4 Å². The monoisotopic (exact) mass is 347 g/mol. The van der Waals surface area contributed by atoms with E-state index in [4.69, 9.17) is 0 Å². The van der Waals surface area contributed by atoms with Crippen molar-refractivity contribution < 1.29 is 9.90 Å². The van der Waals surface area contributed by atoms with Crippen LogP contribution in [-0.2, 0) is 11.3 Å². The van der Waals surface area contributed by atoms with Crippen molar-refractivity contribution in [1.29, 1.82) is 0 Å². The fourth-order valence-corrected chi connectivity index (χ4v) is 4.74. The van der Waals surface area contributed by atoms with Gasteiger partial charge in [-0.15, -0.1) is 23.1 Å². The van der Waals surface area contributed by atoms with Crippen molar-refractivity contribution in [2.75, 3.05) is 12.3 Å². The van der Waals surface area contributed by atoms with Crippen LogP contribution in [0.5, 0.6) is 0 Å². The Hall–Kier alpha value is -1.30. The van der Waals surface area contributed by atoms with Gasteiger partial charge >= 0.3 is 0 Å². The van der Waals surface area contributed by atoms with Gasteiger partial charge < -0.3 is 10.0 Å². The standard InChI is InChI=1S/C18H21NO2S2/c20-15(16-8-4-10-22-16)13-19(12-14-6-2-1-3-7-14)18(21)17-9-5-11-23-17/h1-4,6-8,10,15,17,20H,5,9,11-13H2. The molecule has 3 nitrogen and oxygen atoms in total. The predicted octanol–water partition coefficient (Wildman–Crippen LogP) is 3.71. The molecule has 2 unspecified atom stereocenters. The van der Waals surface area contributed by atoms with Crippen LogP contribution in [0.25, 0.3) is 0 Å². The summed E-state index contributed by atoms with van der Waals surface area (Å²) in [5, 5.41) is 12.5. The van der Waals surface area contributed by atoms with Crippen molar-refractivity contribution in [2.45, 2.75) is 30.7 Å². The molecule has 1 aliphatic heterocycles. The molecule has 1 saturated heterocycles. The Balaban J connectivity index is 1.73. The molecule has 1 aromatic carbocycles. The predicted molar refractivity (Wildman–Crippen MR) is 96.6 cm³/mol. The number of amides is 1. The molecule has 1 aromatic heterocycles. The lowest BCUT2D eigenvalue weighted by atomic mass is 10.1. The minimum atomic E-state index is -0.617. The van der Waals surface area contributed by atoms with Crippen LogP contribution in [0.4, 0.5) is 0 Å². The number of thiophene rings is 1. The smallest absolute Gasteiger partial charge is 0.236 e. The van der Waals surface area contributed by atoms with Gasteiger partial charge in [-0.05, 0) is 35.6 Å². The number of nitrogens with zero attached hydrogens (tertiary/aromatic N) is 1. The molecule has 2 atom stereocenters. The molecule has 0 bridgehead atoms. The van der Waals surface area contributed by atoms with Gasteiger partial charge in [-0.1, -0.05) is 36.4 Å². The van der Waals surface area contributed by atoms with Crippen LogP contribution >= 0.6 is 23.1 Å². The summed E-state index contributed by atoms with van der Waals surface area (Å²) < 4.78 is 0. The van der Waals surface area contributed by atoms with Gasteiger partial charge in [-0.3, -0.25) is 4.79 Å². The molecule has 3 rings (SSSR count). The van der Waals surface area contributed by atoms with Gasteiger partial charge in [-0.25, -0.2) is 0 Å². The van der Waals surface area contributed by atoms with Crippen LogP contribution in [0, 0.1) is 0 Å². The van der Waals surface area contributed by atoms with Crippen molar-refractivity contribution in [3.8, 4) is 0 Å². The maximum atomic E-state index is 12.9. The Bertz CT molecular complexity index is 609. The zero-order valence-corrected chi connectivity index (χ0v) is 14.6. The third-order valence-electron chi connectivity index (χ3n) is 4.00. The van der Waals surface area contributed by atoms with E-state index in [1.54, 1.807) is 11.8 Å². The second-order valence-corrected chi connectivity index (χ2v) is 8.03. The molecule has 2 aromatic rings. The number of aliphatic hydroxyl groups is 1. The van der Waals surface area contributed by atoms with Gasteiger partial charge in [-0.2, -0.15) is 0 Å². The first-order chi connectivity index (χ1) is 11.2. The van der Waals surface area contributed by atoms with Crippen LogP contribution in [-0.4, -0.2) is 33.5 Å². The topological polar surface area (TPSA) is 40.5 Å². The zero-order valence-electron chi connectivity index (χ0n) is 12.9. The van der Waals surface area contributed by atoms with E-state index in [0.29, 0.717) is 13.1 Å². The molecule has 0 spiro atoms. The van der Waals surface area contributed by atoms with E-state index in [9.17, 15) is 9.90 Å². The Kier molecular flexibility index (Phi) is 5.75. The summed E-state index contributed by atoms with van der Waals surface area (Å²) in [7, 11) is 0. The summed E-state index contributed by atoms with van der Waals surface area (Å²) in [6.07, 6.45) is 1.44. The first-order valence-corrected chi connectivity index (χ1v) is 9.82. The lowest BCUT2D eigenvalue weighted by Crippen LogP contribution is -2.39. The van der Waals surface area contributed by atoms with Crippen molar-refractivity contribution in [3.63, 3.8) is 0 Å². The zero-order chi connectivity index (χ0) is 16.1. The average Bonchev–Trinajstić information content (AvgIpc) is 3.27. The van der Waals surface area contributed by atoms with Gasteiger partial charge in [0.25, 0.3) is 0 Å². The highest BCUT2D eigenvalue weighted by molar-refractivity contribution is 8.00. The van der Waals surface area contributed by atoms with E-state index in [1.165, 1.54) is 11.3 Å². The van der Waals surface area contributed by atoms with Crippen molar-refractivity contribution >= 4 is 29.0 Å². The summed E-state index contributed by atoms with van der Waals surface area (Å²) in [5.41, 5.74) is 1.10. The number of rotatable bonds is 6. The first-order valence-electron chi connectivity index (χ1n) is 7.90. The van der Waals surface area contributed by atoms with E-state index in [0.717, 1.165) is 29.0 Å². The number of thioether (sulfide) groups is 1. The van der Waals surface area contributed by atoms with E-state index >= 15 is 0 Å². The van der Waals surface area contributed by atoms with Crippen molar-refractivity contribution in [3.05, 3.63) is 58.3 Å².